The maximum absolute atomic E-state index is 12.6. The first-order valence-electron chi connectivity index (χ1n) is 10.0. The Labute approximate surface area is 190 Å². The van der Waals surface area contributed by atoms with Gasteiger partial charge in [0.25, 0.3) is 5.91 Å². The van der Waals surface area contributed by atoms with Crippen molar-refractivity contribution in [2.45, 2.75) is 13.8 Å². The normalized spacial score (nSPS) is 11.2. The van der Waals surface area contributed by atoms with Crippen molar-refractivity contribution >= 4 is 46.1 Å². The summed E-state index contributed by atoms with van der Waals surface area (Å²) in [6.45, 7) is 4.10. The third kappa shape index (κ3) is 4.60. The minimum absolute atomic E-state index is 0.0218. The predicted molar refractivity (Wildman–Crippen MR) is 127 cm³/mol. The van der Waals surface area contributed by atoms with Gasteiger partial charge in [-0.2, -0.15) is 0 Å². The second kappa shape index (κ2) is 9.16. The third-order valence-corrected chi connectivity index (χ3v) is 5.05. The molecular formula is C25H21ClN2O4. The Morgan fingerprint density at radius 3 is 2.75 bits per heavy atom. The number of aryl methyl sites for hydroxylation is 1. The maximum Gasteiger partial charge on any atom is 0.291 e. The Bertz CT molecular complexity index is 1290. The van der Waals surface area contributed by atoms with E-state index in [0.29, 0.717) is 39.9 Å². The summed E-state index contributed by atoms with van der Waals surface area (Å²) in [7, 11) is 0. The molecule has 0 saturated heterocycles. The fraction of sp³-hybridized carbons (Fsp3) is 0.120. The number of furan rings is 1. The first kappa shape index (κ1) is 21.5. The van der Waals surface area contributed by atoms with Crippen LogP contribution in [0.1, 0.15) is 28.6 Å². The quantitative estimate of drug-likeness (QED) is 0.329. The number of phenols is 1. The average molecular weight is 449 g/mol. The van der Waals surface area contributed by atoms with Gasteiger partial charge in [0.05, 0.1) is 12.3 Å². The molecule has 0 aliphatic rings. The van der Waals surface area contributed by atoms with E-state index in [1.807, 2.05) is 44.2 Å². The Kier molecular flexibility index (Phi) is 6.14. The molecule has 0 unspecified atom stereocenters. The highest BCUT2D eigenvalue weighted by Gasteiger charge is 2.14. The van der Waals surface area contributed by atoms with Crippen molar-refractivity contribution < 1.29 is 19.1 Å². The number of hydrogen-bond donors (Lipinski definition) is 2. The van der Waals surface area contributed by atoms with E-state index in [2.05, 4.69) is 10.3 Å². The lowest BCUT2D eigenvalue weighted by Gasteiger charge is -2.09. The highest BCUT2D eigenvalue weighted by molar-refractivity contribution is 6.31. The second-order valence-corrected chi connectivity index (χ2v) is 7.57. The van der Waals surface area contributed by atoms with E-state index in [4.69, 9.17) is 20.8 Å². The van der Waals surface area contributed by atoms with Gasteiger partial charge in [-0.15, -0.1) is 0 Å². The van der Waals surface area contributed by atoms with E-state index in [9.17, 15) is 9.90 Å². The zero-order valence-corrected chi connectivity index (χ0v) is 18.3. The summed E-state index contributed by atoms with van der Waals surface area (Å²) in [5.41, 5.74) is 3.24. The lowest BCUT2D eigenvalue weighted by atomic mass is 10.1. The molecule has 0 radical (unpaired) electrons. The van der Waals surface area contributed by atoms with Crippen molar-refractivity contribution in [3.8, 4) is 11.5 Å². The molecule has 6 nitrogen and oxygen atoms in total. The molecular weight excluding hydrogens is 428 g/mol. The van der Waals surface area contributed by atoms with E-state index >= 15 is 0 Å². The molecule has 0 saturated carbocycles. The van der Waals surface area contributed by atoms with Gasteiger partial charge in [0.15, 0.2) is 17.3 Å². The predicted octanol–water partition coefficient (Wildman–Crippen LogP) is 6.50. The molecule has 0 fully saturated rings. The standard InChI is InChI=1S/C25H21ClN2O4/c1-3-31-22-13-18(26)11-17(24(22)29)14-27-19-8-9-20(15(2)10-19)28-25(30)23-12-16-6-4-5-7-21(16)32-23/h4-14,29H,3H2,1-2H3,(H,28,30). The molecule has 1 heterocycles. The Morgan fingerprint density at radius 1 is 1.19 bits per heavy atom. The van der Waals surface area contributed by atoms with Crippen LogP contribution in [-0.2, 0) is 0 Å². The van der Waals surface area contributed by atoms with Gasteiger partial charge < -0.3 is 19.6 Å². The van der Waals surface area contributed by atoms with E-state index in [0.717, 1.165) is 10.9 Å². The van der Waals surface area contributed by atoms with Gasteiger partial charge in [-0.1, -0.05) is 29.8 Å². The first-order valence-corrected chi connectivity index (χ1v) is 10.4. The molecule has 32 heavy (non-hydrogen) atoms. The van der Waals surface area contributed by atoms with Crippen LogP contribution in [0.25, 0.3) is 11.0 Å². The molecule has 1 amide bonds. The van der Waals surface area contributed by atoms with Crippen LogP contribution in [0.15, 0.2) is 70.1 Å². The zero-order valence-electron chi connectivity index (χ0n) is 17.6. The zero-order chi connectivity index (χ0) is 22.7. The first-order chi connectivity index (χ1) is 15.4. The van der Waals surface area contributed by atoms with Crippen molar-refractivity contribution in [1.29, 1.82) is 0 Å². The number of aromatic hydroxyl groups is 1. The largest absolute Gasteiger partial charge is 0.504 e. The summed E-state index contributed by atoms with van der Waals surface area (Å²) in [5.74, 6) is 0.204. The number of rotatable bonds is 6. The van der Waals surface area contributed by atoms with Gasteiger partial charge in [-0.25, -0.2) is 0 Å². The number of anilines is 1. The van der Waals surface area contributed by atoms with Crippen LogP contribution >= 0.6 is 11.6 Å². The number of para-hydroxylation sites is 1. The van der Waals surface area contributed by atoms with Gasteiger partial charge >= 0.3 is 0 Å². The SMILES string of the molecule is CCOc1cc(Cl)cc(C=Nc2ccc(NC(=O)c3cc4ccccc4o3)c(C)c2)c1O. The van der Waals surface area contributed by atoms with Crippen LogP contribution < -0.4 is 10.1 Å². The minimum atomic E-state index is -0.326. The van der Waals surface area contributed by atoms with Gasteiger partial charge in [-0.05, 0) is 55.8 Å². The third-order valence-electron chi connectivity index (χ3n) is 4.83. The van der Waals surface area contributed by atoms with E-state index in [1.165, 1.54) is 6.21 Å². The second-order valence-electron chi connectivity index (χ2n) is 7.13. The van der Waals surface area contributed by atoms with Crippen molar-refractivity contribution in [2.75, 3.05) is 11.9 Å². The van der Waals surface area contributed by atoms with Crippen molar-refractivity contribution in [3.05, 3.63) is 82.6 Å². The van der Waals surface area contributed by atoms with E-state index in [1.54, 1.807) is 30.3 Å². The summed E-state index contributed by atoms with van der Waals surface area (Å²) < 4.78 is 11.0. The number of ether oxygens (including phenoxy) is 1. The monoisotopic (exact) mass is 448 g/mol. The number of nitrogens with zero attached hydrogens (tertiary/aromatic N) is 1. The highest BCUT2D eigenvalue weighted by atomic mass is 35.5. The smallest absolute Gasteiger partial charge is 0.291 e. The Morgan fingerprint density at radius 2 is 2.00 bits per heavy atom. The van der Waals surface area contributed by atoms with Gasteiger partial charge in [0, 0.05) is 33.9 Å². The summed E-state index contributed by atoms with van der Waals surface area (Å²) in [6, 6.07) is 17.7. The van der Waals surface area contributed by atoms with Crippen LogP contribution in [0.2, 0.25) is 5.02 Å². The Balaban J connectivity index is 1.51. The molecule has 0 aliphatic carbocycles. The van der Waals surface area contributed by atoms with Crippen LogP contribution in [0.3, 0.4) is 0 Å². The highest BCUT2D eigenvalue weighted by Crippen LogP contribution is 2.33. The van der Waals surface area contributed by atoms with Crippen LogP contribution in [0.5, 0.6) is 11.5 Å². The van der Waals surface area contributed by atoms with Crippen molar-refractivity contribution in [3.63, 3.8) is 0 Å². The molecule has 3 aromatic carbocycles. The summed E-state index contributed by atoms with van der Waals surface area (Å²) in [5, 5.41) is 14.5. The number of fused-ring (bicyclic) bond motifs is 1. The number of amides is 1. The number of aliphatic imine (C=N–C) groups is 1. The van der Waals surface area contributed by atoms with E-state index < -0.39 is 0 Å². The summed E-state index contributed by atoms with van der Waals surface area (Å²) in [4.78, 5) is 17.0. The van der Waals surface area contributed by atoms with Gasteiger partial charge in [-0.3, -0.25) is 9.79 Å². The lowest BCUT2D eigenvalue weighted by molar-refractivity contribution is 0.0998. The maximum atomic E-state index is 12.6. The fourth-order valence-electron chi connectivity index (χ4n) is 3.25. The topological polar surface area (TPSA) is 84.1 Å². The van der Waals surface area contributed by atoms with Gasteiger partial charge in [0.1, 0.15) is 5.58 Å². The number of halogens is 1. The van der Waals surface area contributed by atoms with Crippen LogP contribution in [-0.4, -0.2) is 23.8 Å². The number of hydrogen-bond acceptors (Lipinski definition) is 5. The molecule has 2 N–H and O–H groups in total. The molecule has 0 bridgehead atoms. The average Bonchev–Trinajstić information content (AvgIpc) is 3.21. The molecule has 0 aliphatic heterocycles. The number of phenolic OH excluding ortho intramolecular Hbond substituents is 1. The van der Waals surface area contributed by atoms with E-state index in [-0.39, 0.29) is 17.4 Å². The Hall–Kier alpha value is -3.77. The lowest BCUT2D eigenvalue weighted by Crippen LogP contribution is -2.11. The van der Waals surface area contributed by atoms with Crippen LogP contribution in [0.4, 0.5) is 11.4 Å². The molecule has 162 valence electrons. The summed E-state index contributed by atoms with van der Waals surface area (Å²) >= 11 is 6.11. The molecule has 4 rings (SSSR count). The molecule has 0 atom stereocenters. The summed E-state index contributed by atoms with van der Waals surface area (Å²) in [6.07, 6.45) is 1.52. The number of carbonyl (C=O) groups is 1. The number of benzene rings is 3. The molecule has 7 heteroatoms. The molecule has 1 aromatic heterocycles. The number of carbonyl (C=O) groups excluding carboxylic acids is 1. The molecule has 0 spiro atoms. The fourth-order valence-corrected chi connectivity index (χ4v) is 3.47. The van der Waals surface area contributed by atoms with Crippen molar-refractivity contribution in [2.24, 2.45) is 4.99 Å². The van der Waals surface area contributed by atoms with Crippen molar-refractivity contribution in [1.82, 2.24) is 0 Å². The minimum Gasteiger partial charge on any atom is -0.504 e. The van der Waals surface area contributed by atoms with Crippen LogP contribution in [0, 0.1) is 6.92 Å². The van der Waals surface area contributed by atoms with Gasteiger partial charge in [0.2, 0.25) is 0 Å². The number of nitrogens with one attached hydrogen (secondary N) is 1. The molecule has 4 aromatic rings.